The lowest BCUT2D eigenvalue weighted by atomic mass is 9.80. The number of carbonyl (C=O) groups excluding carboxylic acids is 1. The van der Waals surface area contributed by atoms with Crippen LogP contribution < -0.4 is 4.74 Å². The van der Waals surface area contributed by atoms with E-state index in [1.54, 1.807) is 12.1 Å². The summed E-state index contributed by atoms with van der Waals surface area (Å²) in [6.45, 7) is 3.78. The zero-order valence-electron chi connectivity index (χ0n) is 16.0. The van der Waals surface area contributed by atoms with E-state index in [9.17, 15) is 4.79 Å². The topological polar surface area (TPSA) is 26.3 Å². The Balaban J connectivity index is 1.51. The van der Waals surface area contributed by atoms with Gasteiger partial charge in [-0.05, 0) is 93.0 Å². The summed E-state index contributed by atoms with van der Waals surface area (Å²) in [4.78, 5) is 12.4. The van der Waals surface area contributed by atoms with Gasteiger partial charge in [-0.25, -0.2) is 0 Å². The molecular formula is C25H25ClO2. The zero-order chi connectivity index (χ0) is 19.8. The normalized spacial score (nSPS) is 18.6. The molecule has 2 aromatic carbocycles. The molecule has 3 heteroatoms. The first-order valence-electron chi connectivity index (χ1n) is 9.84. The molecule has 28 heavy (non-hydrogen) atoms. The second-order valence-corrected chi connectivity index (χ2v) is 7.72. The lowest BCUT2D eigenvalue weighted by Gasteiger charge is -2.26. The fraction of sp³-hybridized carbons (Fsp3) is 0.320. The van der Waals surface area contributed by atoms with Gasteiger partial charge in [0.1, 0.15) is 5.75 Å². The maximum Gasteiger partial charge on any atom is 0.314 e. The molecule has 0 N–H and O–H groups in total. The molecule has 1 saturated carbocycles. The molecule has 0 aromatic heterocycles. The van der Waals surface area contributed by atoms with Crippen LogP contribution in [0, 0.1) is 23.7 Å². The molecular weight excluding hydrogens is 368 g/mol. The van der Waals surface area contributed by atoms with Crippen LogP contribution >= 0.6 is 11.6 Å². The van der Waals surface area contributed by atoms with Gasteiger partial charge in [-0.3, -0.25) is 4.79 Å². The number of hydrogen-bond donors (Lipinski definition) is 0. The van der Waals surface area contributed by atoms with Crippen LogP contribution in [0.2, 0.25) is 5.02 Å². The van der Waals surface area contributed by atoms with Crippen molar-refractivity contribution in [1.82, 2.24) is 0 Å². The highest BCUT2D eigenvalue weighted by Crippen LogP contribution is 2.32. The number of hydrogen-bond acceptors (Lipinski definition) is 2. The second kappa shape index (κ2) is 10.2. The molecule has 0 aliphatic heterocycles. The molecule has 1 aliphatic rings. The van der Waals surface area contributed by atoms with Crippen LogP contribution in [0.15, 0.2) is 61.2 Å². The molecule has 0 unspecified atom stereocenters. The van der Waals surface area contributed by atoms with Crippen LogP contribution in [0.5, 0.6) is 5.75 Å². The van der Waals surface area contributed by atoms with Crippen molar-refractivity contribution < 1.29 is 9.53 Å². The minimum atomic E-state index is -0.109. The van der Waals surface area contributed by atoms with E-state index >= 15 is 0 Å². The number of allylic oxidation sites excluding steroid dienone is 1. The molecule has 3 rings (SSSR count). The van der Waals surface area contributed by atoms with Crippen molar-refractivity contribution in [3.05, 3.63) is 77.3 Å². The van der Waals surface area contributed by atoms with Crippen molar-refractivity contribution in [1.29, 1.82) is 0 Å². The predicted molar refractivity (Wildman–Crippen MR) is 114 cm³/mol. The summed E-state index contributed by atoms with van der Waals surface area (Å²) in [6, 6.07) is 14.8. The fourth-order valence-corrected chi connectivity index (χ4v) is 3.65. The van der Waals surface area contributed by atoms with Gasteiger partial charge >= 0.3 is 5.97 Å². The van der Waals surface area contributed by atoms with Crippen LogP contribution in [0.3, 0.4) is 0 Å². The highest BCUT2D eigenvalue weighted by atomic mass is 35.5. The van der Waals surface area contributed by atoms with Crippen molar-refractivity contribution in [2.45, 2.75) is 38.5 Å². The summed E-state index contributed by atoms with van der Waals surface area (Å²) >= 11 is 5.88. The lowest BCUT2D eigenvalue weighted by molar-refractivity contribution is -0.140. The van der Waals surface area contributed by atoms with Gasteiger partial charge in [0.25, 0.3) is 0 Å². The smallest absolute Gasteiger partial charge is 0.314 e. The minimum Gasteiger partial charge on any atom is -0.426 e. The van der Waals surface area contributed by atoms with Crippen LogP contribution in [0.4, 0.5) is 0 Å². The monoisotopic (exact) mass is 392 g/mol. The van der Waals surface area contributed by atoms with E-state index in [2.05, 4.69) is 18.4 Å². The third-order valence-electron chi connectivity index (χ3n) is 5.23. The number of rotatable bonds is 5. The summed E-state index contributed by atoms with van der Waals surface area (Å²) in [6.07, 6.45) is 8.27. The summed E-state index contributed by atoms with van der Waals surface area (Å²) in [5.74, 6) is 7.41. The van der Waals surface area contributed by atoms with Crippen molar-refractivity contribution in [2.24, 2.45) is 11.8 Å². The Hall–Kier alpha value is -2.50. The van der Waals surface area contributed by atoms with Crippen LogP contribution in [0.25, 0.3) is 0 Å². The van der Waals surface area contributed by atoms with Crippen molar-refractivity contribution in [3.63, 3.8) is 0 Å². The van der Waals surface area contributed by atoms with Gasteiger partial charge in [0.15, 0.2) is 0 Å². The molecule has 144 valence electrons. The lowest BCUT2D eigenvalue weighted by Crippen LogP contribution is -2.25. The first-order chi connectivity index (χ1) is 13.6. The highest BCUT2D eigenvalue weighted by molar-refractivity contribution is 6.30. The third kappa shape index (κ3) is 6.01. The van der Waals surface area contributed by atoms with Crippen LogP contribution in [0.1, 0.15) is 49.7 Å². The number of esters is 1. The molecule has 1 aliphatic carbocycles. The molecule has 1 fully saturated rings. The Kier molecular flexibility index (Phi) is 7.34. The molecule has 0 spiro atoms. The van der Waals surface area contributed by atoms with Gasteiger partial charge in [0.05, 0.1) is 5.92 Å². The number of carbonyl (C=O) groups is 1. The molecule has 0 heterocycles. The summed E-state index contributed by atoms with van der Waals surface area (Å²) in [5.41, 5.74) is 1.78. The van der Waals surface area contributed by atoms with Crippen LogP contribution in [-0.2, 0) is 4.79 Å². The first-order valence-corrected chi connectivity index (χ1v) is 10.2. The van der Waals surface area contributed by atoms with E-state index in [-0.39, 0.29) is 11.9 Å². The average Bonchev–Trinajstić information content (AvgIpc) is 2.73. The van der Waals surface area contributed by atoms with E-state index in [1.165, 1.54) is 6.42 Å². The van der Waals surface area contributed by atoms with Crippen molar-refractivity contribution in [3.8, 4) is 17.6 Å². The highest BCUT2D eigenvalue weighted by Gasteiger charge is 2.27. The van der Waals surface area contributed by atoms with Gasteiger partial charge in [-0.1, -0.05) is 29.5 Å². The van der Waals surface area contributed by atoms with E-state index < -0.39 is 0 Å². The van der Waals surface area contributed by atoms with Gasteiger partial charge in [-0.15, -0.1) is 6.58 Å². The number of halogens is 1. The standard InChI is InChI=1S/C25H25ClO2/c1-2-3-4-19-7-13-22(14-8-19)25(27)28-24-17-11-21(12-18-24)6-5-20-9-15-23(26)16-10-20/h2,9-12,15-19,22H,1,3-4,7-8,13-14H2. The molecule has 0 saturated heterocycles. The zero-order valence-corrected chi connectivity index (χ0v) is 16.8. The SMILES string of the molecule is C=CCCC1CCC(C(=O)Oc2ccc(C#Cc3ccc(Cl)cc3)cc2)CC1. The van der Waals surface area contributed by atoms with Crippen LogP contribution in [-0.4, -0.2) is 5.97 Å². The van der Waals surface area contributed by atoms with Gasteiger partial charge in [0, 0.05) is 16.1 Å². The van der Waals surface area contributed by atoms with E-state index in [0.29, 0.717) is 10.8 Å². The number of benzene rings is 2. The molecule has 2 nitrogen and oxygen atoms in total. The summed E-state index contributed by atoms with van der Waals surface area (Å²) in [5, 5.41) is 0.696. The van der Waals surface area contributed by atoms with E-state index in [1.807, 2.05) is 42.5 Å². The maximum atomic E-state index is 12.4. The third-order valence-corrected chi connectivity index (χ3v) is 5.48. The fourth-order valence-electron chi connectivity index (χ4n) is 3.52. The second-order valence-electron chi connectivity index (χ2n) is 7.29. The maximum absolute atomic E-state index is 12.4. The Bertz CT molecular complexity index is 848. The Morgan fingerprint density at radius 3 is 2.14 bits per heavy atom. The number of ether oxygens (including phenoxy) is 1. The van der Waals surface area contributed by atoms with Crippen molar-refractivity contribution in [2.75, 3.05) is 0 Å². The quantitative estimate of drug-likeness (QED) is 0.254. The first kappa shape index (κ1) is 20.2. The molecule has 2 aromatic rings. The van der Waals surface area contributed by atoms with Gasteiger partial charge in [0.2, 0.25) is 0 Å². The van der Waals surface area contributed by atoms with E-state index in [0.717, 1.165) is 49.1 Å². The summed E-state index contributed by atoms with van der Waals surface area (Å²) in [7, 11) is 0. The predicted octanol–water partition coefficient (Wildman–Crippen LogP) is 6.42. The molecule has 0 bridgehead atoms. The Labute approximate surface area is 172 Å². The largest absolute Gasteiger partial charge is 0.426 e. The van der Waals surface area contributed by atoms with E-state index in [4.69, 9.17) is 16.3 Å². The minimum absolute atomic E-state index is 0.0179. The summed E-state index contributed by atoms with van der Waals surface area (Å²) < 4.78 is 5.58. The molecule has 0 atom stereocenters. The molecule has 0 amide bonds. The van der Waals surface area contributed by atoms with Crippen molar-refractivity contribution >= 4 is 17.6 Å². The van der Waals surface area contributed by atoms with Gasteiger partial charge < -0.3 is 4.74 Å². The Morgan fingerprint density at radius 2 is 1.57 bits per heavy atom. The molecule has 0 radical (unpaired) electrons. The average molecular weight is 393 g/mol. The Morgan fingerprint density at radius 1 is 1.00 bits per heavy atom. The van der Waals surface area contributed by atoms with Gasteiger partial charge in [-0.2, -0.15) is 0 Å².